The van der Waals surface area contributed by atoms with Crippen LogP contribution in [0.25, 0.3) is 22.2 Å². The fourth-order valence-corrected chi connectivity index (χ4v) is 3.02. The Labute approximate surface area is 156 Å². The van der Waals surface area contributed by atoms with Crippen molar-refractivity contribution in [3.8, 4) is 11.3 Å². The van der Waals surface area contributed by atoms with Crippen LogP contribution in [0.2, 0.25) is 0 Å². The summed E-state index contributed by atoms with van der Waals surface area (Å²) in [4.78, 5) is 23.7. The van der Waals surface area contributed by atoms with E-state index in [2.05, 4.69) is 10.1 Å². The maximum Gasteiger partial charge on any atom is 0.254 e. The standard InChI is InChI=1S/C21H18N4O2/c1-14-5-6-19-17(10-14)18(11-20(23-19)15-4-3-8-22-12-15)21(26)25(2)13-16-7-9-27-24-16/h3-12H,13H2,1-2H3. The zero-order valence-corrected chi connectivity index (χ0v) is 15.1. The molecule has 3 heterocycles. The first-order valence-electron chi connectivity index (χ1n) is 8.58. The normalized spacial score (nSPS) is 10.9. The third-order valence-corrected chi connectivity index (χ3v) is 4.39. The highest BCUT2D eigenvalue weighted by Crippen LogP contribution is 2.26. The molecule has 0 unspecified atom stereocenters. The third-order valence-electron chi connectivity index (χ3n) is 4.39. The second-order valence-electron chi connectivity index (χ2n) is 6.47. The van der Waals surface area contributed by atoms with Crippen molar-refractivity contribution in [3.63, 3.8) is 0 Å². The number of pyridine rings is 2. The Morgan fingerprint density at radius 2 is 2.07 bits per heavy atom. The molecular weight excluding hydrogens is 340 g/mol. The number of amides is 1. The quantitative estimate of drug-likeness (QED) is 0.554. The molecule has 134 valence electrons. The third kappa shape index (κ3) is 3.42. The number of hydrogen-bond donors (Lipinski definition) is 0. The van der Waals surface area contributed by atoms with E-state index in [9.17, 15) is 4.79 Å². The molecule has 4 rings (SSSR count). The first-order chi connectivity index (χ1) is 13.1. The van der Waals surface area contributed by atoms with Gasteiger partial charge in [-0.3, -0.25) is 9.78 Å². The predicted octanol–water partition coefficient (Wildman–Crippen LogP) is 3.87. The van der Waals surface area contributed by atoms with E-state index < -0.39 is 0 Å². The number of carbonyl (C=O) groups excluding carboxylic acids is 1. The fourth-order valence-electron chi connectivity index (χ4n) is 3.02. The van der Waals surface area contributed by atoms with Crippen LogP contribution in [0.4, 0.5) is 0 Å². The molecule has 0 saturated carbocycles. The molecule has 0 spiro atoms. The average Bonchev–Trinajstić information content (AvgIpc) is 3.20. The molecule has 0 radical (unpaired) electrons. The van der Waals surface area contributed by atoms with Gasteiger partial charge in [0.15, 0.2) is 0 Å². The largest absolute Gasteiger partial charge is 0.364 e. The van der Waals surface area contributed by atoms with Crippen molar-refractivity contribution in [2.45, 2.75) is 13.5 Å². The summed E-state index contributed by atoms with van der Waals surface area (Å²) in [6.45, 7) is 2.37. The van der Waals surface area contributed by atoms with Crippen LogP contribution in [-0.2, 0) is 6.54 Å². The van der Waals surface area contributed by atoms with Gasteiger partial charge in [-0.2, -0.15) is 0 Å². The Bertz CT molecular complexity index is 1090. The number of rotatable bonds is 4. The molecule has 0 aliphatic carbocycles. The first-order valence-corrected chi connectivity index (χ1v) is 8.58. The van der Waals surface area contributed by atoms with E-state index >= 15 is 0 Å². The molecule has 3 aromatic heterocycles. The lowest BCUT2D eigenvalue weighted by Gasteiger charge is -2.18. The molecule has 0 N–H and O–H groups in total. The minimum atomic E-state index is -0.0962. The van der Waals surface area contributed by atoms with Crippen LogP contribution in [0.15, 0.2) is 65.6 Å². The average molecular weight is 358 g/mol. The molecule has 0 aliphatic heterocycles. The van der Waals surface area contributed by atoms with E-state index in [0.717, 1.165) is 27.7 Å². The Balaban J connectivity index is 1.81. The summed E-state index contributed by atoms with van der Waals surface area (Å²) in [7, 11) is 1.75. The van der Waals surface area contributed by atoms with Crippen LogP contribution < -0.4 is 0 Å². The van der Waals surface area contributed by atoms with Gasteiger partial charge >= 0.3 is 0 Å². The number of fused-ring (bicyclic) bond motifs is 1. The number of hydrogen-bond acceptors (Lipinski definition) is 5. The zero-order chi connectivity index (χ0) is 18.8. The summed E-state index contributed by atoms with van der Waals surface area (Å²) in [5, 5.41) is 4.72. The topological polar surface area (TPSA) is 72.1 Å². The van der Waals surface area contributed by atoms with Gasteiger partial charge in [0.05, 0.1) is 23.3 Å². The van der Waals surface area contributed by atoms with Gasteiger partial charge in [-0.1, -0.05) is 16.8 Å². The molecular formula is C21H18N4O2. The van der Waals surface area contributed by atoms with Crippen molar-refractivity contribution >= 4 is 16.8 Å². The van der Waals surface area contributed by atoms with Crippen molar-refractivity contribution in [1.29, 1.82) is 0 Å². The summed E-state index contributed by atoms with van der Waals surface area (Å²) >= 11 is 0. The first kappa shape index (κ1) is 16.9. The van der Waals surface area contributed by atoms with Gasteiger partial charge in [-0.15, -0.1) is 0 Å². The zero-order valence-electron chi connectivity index (χ0n) is 15.1. The van der Waals surface area contributed by atoms with E-state index in [1.165, 1.54) is 6.26 Å². The highest BCUT2D eigenvalue weighted by atomic mass is 16.5. The molecule has 27 heavy (non-hydrogen) atoms. The monoisotopic (exact) mass is 358 g/mol. The summed E-state index contributed by atoms with van der Waals surface area (Å²) in [6, 6.07) is 13.3. The summed E-state index contributed by atoms with van der Waals surface area (Å²) < 4.78 is 4.86. The smallest absolute Gasteiger partial charge is 0.254 e. The van der Waals surface area contributed by atoms with Crippen LogP contribution in [0.5, 0.6) is 0 Å². The van der Waals surface area contributed by atoms with Crippen molar-refractivity contribution in [3.05, 3.63) is 77.9 Å². The van der Waals surface area contributed by atoms with Crippen LogP contribution in [-0.4, -0.2) is 33.0 Å². The Hall–Kier alpha value is -3.54. The lowest BCUT2D eigenvalue weighted by atomic mass is 10.0. The van der Waals surface area contributed by atoms with Crippen molar-refractivity contribution < 1.29 is 9.32 Å². The molecule has 0 fully saturated rings. The molecule has 4 aromatic rings. The van der Waals surface area contributed by atoms with Crippen LogP contribution in [0.1, 0.15) is 21.6 Å². The van der Waals surface area contributed by atoms with Gasteiger partial charge in [0.2, 0.25) is 0 Å². The maximum atomic E-state index is 13.2. The van der Waals surface area contributed by atoms with E-state index in [-0.39, 0.29) is 5.91 Å². The molecule has 6 nitrogen and oxygen atoms in total. The van der Waals surface area contributed by atoms with E-state index in [4.69, 9.17) is 9.51 Å². The van der Waals surface area contributed by atoms with E-state index in [0.29, 0.717) is 17.8 Å². The van der Waals surface area contributed by atoms with Gasteiger partial charge in [0.1, 0.15) is 12.0 Å². The lowest BCUT2D eigenvalue weighted by Crippen LogP contribution is -2.26. The van der Waals surface area contributed by atoms with Gasteiger partial charge in [0, 0.05) is 36.5 Å². The lowest BCUT2D eigenvalue weighted by molar-refractivity contribution is 0.0784. The van der Waals surface area contributed by atoms with Crippen LogP contribution in [0.3, 0.4) is 0 Å². The van der Waals surface area contributed by atoms with Crippen molar-refractivity contribution in [2.24, 2.45) is 0 Å². The number of aromatic nitrogens is 3. The van der Waals surface area contributed by atoms with Gasteiger partial charge in [-0.25, -0.2) is 4.98 Å². The summed E-state index contributed by atoms with van der Waals surface area (Å²) in [5.74, 6) is -0.0962. The minimum absolute atomic E-state index is 0.0962. The van der Waals surface area contributed by atoms with Gasteiger partial charge < -0.3 is 9.42 Å². The number of carbonyl (C=O) groups is 1. The Morgan fingerprint density at radius 3 is 2.81 bits per heavy atom. The number of nitrogens with zero attached hydrogens (tertiary/aromatic N) is 4. The van der Waals surface area contributed by atoms with E-state index in [1.807, 2.05) is 43.3 Å². The van der Waals surface area contributed by atoms with E-state index in [1.54, 1.807) is 30.4 Å². The molecule has 0 bridgehead atoms. The second-order valence-corrected chi connectivity index (χ2v) is 6.47. The SMILES string of the molecule is Cc1ccc2nc(-c3cccnc3)cc(C(=O)N(C)Cc3ccon3)c2c1. The molecule has 0 atom stereocenters. The molecule has 6 heteroatoms. The Morgan fingerprint density at radius 1 is 1.19 bits per heavy atom. The summed E-state index contributed by atoms with van der Waals surface area (Å²) in [6.07, 6.45) is 4.96. The van der Waals surface area contributed by atoms with Crippen molar-refractivity contribution in [2.75, 3.05) is 7.05 Å². The number of benzene rings is 1. The summed E-state index contributed by atoms with van der Waals surface area (Å²) in [5.41, 5.74) is 4.75. The molecule has 0 aliphatic rings. The van der Waals surface area contributed by atoms with Gasteiger partial charge in [0.25, 0.3) is 5.91 Å². The fraction of sp³-hybridized carbons (Fsp3) is 0.143. The van der Waals surface area contributed by atoms with Crippen molar-refractivity contribution in [1.82, 2.24) is 20.0 Å². The Kier molecular flexibility index (Phi) is 4.38. The number of aryl methyl sites for hydroxylation is 1. The van der Waals surface area contributed by atoms with Crippen LogP contribution >= 0.6 is 0 Å². The minimum Gasteiger partial charge on any atom is -0.364 e. The maximum absolute atomic E-state index is 13.2. The van der Waals surface area contributed by atoms with Crippen LogP contribution in [0, 0.1) is 6.92 Å². The highest BCUT2D eigenvalue weighted by molar-refractivity contribution is 6.07. The predicted molar refractivity (Wildman–Crippen MR) is 102 cm³/mol. The van der Waals surface area contributed by atoms with Gasteiger partial charge in [-0.05, 0) is 37.3 Å². The molecule has 1 aromatic carbocycles. The molecule has 0 saturated heterocycles. The highest BCUT2D eigenvalue weighted by Gasteiger charge is 2.18. The molecule has 1 amide bonds. The second kappa shape index (κ2) is 6.99.